The summed E-state index contributed by atoms with van der Waals surface area (Å²) in [6.07, 6.45) is 2.38. The monoisotopic (exact) mass is 215 g/mol. The van der Waals surface area contributed by atoms with Gasteiger partial charge in [-0.2, -0.15) is 0 Å². The molecule has 88 valence electrons. The fourth-order valence-electron chi connectivity index (χ4n) is 1.97. The van der Waals surface area contributed by atoms with Crippen LogP contribution in [0.5, 0.6) is 0 Å². The van der Waals surface area contributed by atoms with Crippen molar-refractivity contribution in [3.05, 3.63) is 0 Å². The maximum atomic E-state index is 11.8. The molecule has 4 nitrogen and oxygen atoms in total. The lowest BCUT2D eigenvalue weighted by molar-refractivity contribution is -0.127. The summed E-state index contributed by atoms with van der Waals surface area (Å²) in [5.74, 6) is 0.0662. The van der Waals surface area contributed by atoms with E-state index in [0.29, 0.717) is 13.0 Å². The van der Waals surface area contributed by atoms with Crippen molar-refractivity contribution in [2.24, 2.45) is 5.92 Å². The Kier molecular flexibility index (Phi) is 5.05. The van der Waals surface area contributed by atoms with Gasteiger partial charge in [0.05, 0.1) is 12.0 Å². The maximum absolute atomic E-state index is 11.8. The minimum Gasteiger partial charge on any atom is -0.396 e. The van der Waals surface area contributed by atoms with E-state index in [2.05, 4.69) is 5.32 Å². The van der Waals surface area contributed by atoms with Gasteiger partial charge in [0.2, 0.25) is 5.91 Å². The average molecular weight is 215 g/mol. The zero-order valence-corrected chi connectivity index (χ0v) is 9.53. The van der Waals surface area contributed by atoms with Crippen LogP contribution in [0, 0.1) is 5.92 Å². The zero-order valence-electron chi connectivity index (χ0n) is 9.53. The van der Waals surface area contributed by atoms with Gasteiger partial charge in [0.15, 0.2) is 0 Å². The Morgan fingerprint density at radius 3 is 3.00 bits per heavy atom. The molecule has 1 heterocycles. The first-order valence-corrected chi connectivity index (χ1v) is 5.71. The number of hydrogen-bond acceptors (Lipinski definition) is 3. The van der Waals surface area contributed by atoms with Crippen LogP contribution >= 0.6 is 0 Å². The Morgan fingerprint density at radius 2 is 2.40 bits per heavy atom. The Labute approximate surface area is 91.0 Å². The molecule has 1 aliphatic heterocycles. The maximum Gasteiger partial charge on any atom is 0.226 e. The summed E-state index contributed by atoms with van der Waals surface area (Å²) in [4.78, 5) is 11.8. The van der Waals surface area contributed by atoms with Gasteiger partial charge in [0, 0.05) is 19.3 Å². The molecule has 0 aromatic rings. The lowest BCUT2D eigenvalue weighted by Gasteiger charge is -2.19. The number of nitrogens with one attached hydrogen (secondary N) is 1. The van der Waals surface area contributed by atoms with E-state index in [4.69, 9.17) is 9.84 Å². The molecule has 0 radical (unpaired) electrons. The first kappa shape index (κ1) is 12.5. The first-order chi connectivity index (χ1) is 7.19. The molecule has 0 aromatic carbocycles. The molecule has 3 unspecified atom stereocenters. The Bertz CT molecular complexity index is 208. The highest BCUT2D eigenvalue weighted by Crippen LogP contribution is 2.23. The number of rotatable bonds is 5. The van der Waals surface area contributed by atoms with Crippen LogP contribution in [0.25, 0.3) is 0 Å². The van der Waals surface area contributed by atoms with Crippen molar-refractivity contribution >= 4 is 5.91 Å². The normalized spacial score (nSPS) is 27.7. The van der Waals surface area contributed by atoms with E-state index in [0.717, 1.165) is 12.8 Å². The summed E-state index contributed by atoms with van der Waals surface area (Å²) in [7, 11) is 0. The largest absolute Gasteiger partial charge is 0.396 e. The standard InChI is InChI=1S/C11H21NO3/c1-3-10-9(5-7-15-10)11(14)12-8(2)4-6-13/h8-10,13H,3-7H2,1-2H3,(H,12,14). The van der Waals surface area contributed by atoms with E-state index in [9.17, 15) is 4.79 Å². The molecule has 0 saturated carbocycles. The van der Waals surface area contributed by atoms with Gasteiger partial charge in [0.1, 0.15) is 0 Å². The highest BCUT2D eigenvalue weighted by molar-refractivity contribution is 5.79. The van der Waals surface area contributed by atoms with Crippen LogP contribution in [0.4, 0.5) is 0 Å². The van der Waals surface area contributed by atoms with E-state index >= 15 is 0 Å². The number of amides is 1. The van der Waals surface area contributed by atoms with Crippen molar-refractivity contribution < 1.29 is 14.6 Å². The second-order valence-electron chi connectivity index (χ2n) is 4.13. The van der Waals surface area contributed by atoms with E-state index in [1.807, 2.05) is 13.8 Å². The molecular weight excluding hydrogens is 194 g/mol. The Morgan fingerprint density at radius 1 is 1.67 bits per heavy atom. The predicted octanol–water partition coefficient (Wildman–Crippen LogP) is 0.689. The molecule has 4 heteroatoms. The molecule has 0 aromatic heterocycles. The smallest absolute Gasteiger partial charge is 0.226 e. The van der Waals surface area contributed by atoms with Gasteiger partial charge in [-0.25, -0.2) is 0 Å². The molecule has 1 saturated heterocycles. The molecule has 15 heavy (non-hydrogen) atoms. The number of ether oxygens (including phenoxy) is 1. The first-order valence-electron chi connectivity index (χ1n) is 5.71. The molecule has 1 aliphatic rings. The number of hydrogen-bond donors (Lipinski definition) is 2. The molecule has 1 fully saturated rings. The summed E-state index contributed by atoms with van der Waals surface area (Å²) in [5, 5.41) is 11.6. The minimum atomic E-state index is -0.00357. The van der Waals surface area contributed by atoms with Crippen LogP contribution < -0.4 is 5.32 Å². The molecule has 0 aliphatic carbocycles. The van der Waals surface area contributed by atoms with Gasteiger partial charge < -0.3 is 15.2 Å². The van der Waals surface area contributed by atoms with Gasteiger partial charge in [-0.05, 0) is 26.2 Å². The average Bonchev–Trinajstić information content (AvgIpc) is 2.65. The number of carbonyl (C=O) groups excluding carboxylic acids is 1. The van der Waals surface area contributed by atoms with E-state index in [1.54, 1.807) is 0 Å². The second kappa shape index (κ2) is 6.08. The summed E-state index contributed by atoms with van der Waals surface area (Å²) in [6, 6.07) is 0.0422. The highest BCUT2D eigenvalue weighted by atomic mass is 16.5. The lowest BCUT2D eigenvalue weighted by atomic mass is 9.98. The summed E-state index contributed by atoms with van der Waals surface area (Å²) < 4.78 is 5.47. The van der Waals surface area contributed by atoms with Gasteiger partial charge >= 0.3 is 0 Å². The molecular formula is C11H21NO3. The number of carbonyl (C=O) groups is 1. The predicted molar refractivity (Wildman–Crippen MR) is 57.4 cm³/mol. The Balaban J connectivity index is 2.38. The topological polar surface area (TPSA) is 58.6 Å². The molecule has 2 N–H and O–H groups in total. The third-order valence-corrected chi connectivity index (χ3v) is 2.90. The van der Waals surface area contributed by atoms with Crippen LogP contribution in [0.3, 0.4) is 0 Å². The van der Waals surface area contributed by atoms with Gasteiger partial charge in [-0.15, -0.1) is 0 Å². The number of aliphatic hydroxyl groups is 1. The van der Waals surface area contributed by atoms with Crippen molar-refractivity contribution in [3.8, 4) is 0 Å². The van der Waals surface area contributed by atoms with Crippen molar-refractivity contribution in [2.45, 2.75) is 45.3 Å². The fourth-order valence-corrected chi connectivity index (χ4v) is 1.97. The van der Waals surface area contributed by atoms with Crippen LogP contribution in [-0.2, 0) is 9.53 Å². The summed E-state index contributed by atoms with van der Waals surface area (Å²) in [6.45, 7) is 4.74. The quantitative estimate of drug-likeness (QED) is 0.709. The van der Waals surface area contributed by atoms with Gasteiger partial charge in [-0.3, -0.25) is 4.79 Å². The van der Waals surface area contributed by atoms with Crippen LogP contribution in [0.1, 0.15) is 33.1 Å². The van der Waals surface area contributed by atoms with Crippen LogP contribution in [-0.4, -0.2) is 36.4 Å². The van der Waals surface area contributed by atoms with Gasteiger partial charge in [0.25, 0.3) is 0 Å². The summed E-state index contributed by atoms with van der Waals surface area (Å²) in [5.41, 5.74) is 0. The minimum absolute atomic E-state index is 0.00357. The molecule has 3 atom stereocenters. The van der Waals surface area contributed by atoms with Crippen LogP contribution in [0.15, 0.2) is 0 Å². The molecule has 1 amide bonds. The Hall–Kier alpha value is -0.610. The lowest BCUT2D eigenvalue weighted by Crippen LogP contribution is -2.40. The third kappa shape index (κ3) is 3.47. The molecule has 0 bridgehead atoms. The van der Waals surface area contributed by atoms with E-state index in [-0.39, 0.29) is 30.6 Å². The van der Waals surface area contributed by atoms with Crippen molar-refractivity contribution in [1.82, 2.24) is 5.32 Å². The van der Waals surface area contributed by atoms with E-state index < -0.39 is 0 Å². The molecule has 0 spiro atoms. The summed E-state index contributed by atoms with van der Waals surface area (Å²) >= 11 is 0. The van der Waals surface area contributed by atoms with E-state index in [1.165, 1.54) is 0 Å². The highest BCUT2D eigenvalue weighted by Gasteiger charge is 2.32. The van der Waals surface area contributed by atoms with Crippen LogP contribution in [0.2, 0.25) is 0 Å². The molecule has 1 rings (SSSR count). The third-order valence-electron chi connectivity index (χ3n) is 2.90. The van der Waals surface area contributed by atoms with Gasteiger partial charge in [-0.1, -0.05) is 6.92 Å². The van der Waals surface area contributed by atoms with Crippen molar-refractivity contribution in [2.75, 3.05) is 13.2 Å². The fraction of sp³-hybridized carbons (Fsp3) is 0.909. The van der Waals surface area contributed by atoms with Crippen molar-refractivity contribution in [3.63, 3.8) is 0 Å². The zero-order chi connectivity index (χ0) is 11.3. The number of aliphatic hydroxyl groups excluding tert-OH is 1. The second-order valence-corrected chi connectivity index (χ2v) is 4.13. The SMILES string of the molecule is CCC1OCCC1C(=O)NC(C)CCO. The van der Waals surface area contributed by atoms with Crippen molar-refractivity contribution in [1.29, 1.82) is 0 Å².